The number of aromatic nitrogens is 4. The molecule has 3 atom stereocenters. The first-order valence-corrected chi connectivity index (χ1v) is 9.31. The molecule has 5 heterocycles. The molecule has 0 radical (unpaired) electrons. The van der Waals surface area contributed by atoms with Crippen LogP contribution in [-0.4, -0.2) is 67.6 Å². The number of benzene rings is 1. The van der Waals surface area contributed by atoms with E-state index in [4.69, 9.17) is 0 Å². The minimum Gasteiger partial charge on any atom is -0.335 e. The van der Waals surface area contributed by atoms with Gasteiger partial charge in [-0.25, -0.2) is 8.78 Å². The third kappa shape index (κ3) is 2.63. The van der Waals surface area contributed by atoms with Gasteiger partial charge in [0.2, 0.25) is 5.91 Å². The van der Waals surface area contributed by atoms with Gasteiger partial charge in [-0.3, -0.25) is 9.69 Å². The maximum atomic E-state index is 14.6. The fourth-order valence-electron chi connectivity index (χ4n) is 5.26. The summed E-state index contributed by atoms with van der Waals surface area (Å²) in [5, 5.41) is 11.3. The predicted molar refractivity (Wildman–Crippen MR) is 90.5 cm³/mol. The molecule has 2 aromatic rings. The highest BCUT2D eigenvalue weighted by Gasteiger charge is 2.55. The van der Waals surface area contributed by atoms with Crippen molar-refractivity contribution in [2.45, 2.75) is 37.4 Å². The smallest absolute Gasteiger partial charge is 0.246 e. The van der Waals surface area contributed by atoms with Gasteiger partial charge in [-0.1, -0.05) is 12.1 Å². The number of amides is 1. The number of tetrazole rings is 1. The van der Waals surface area contributed by atoms with Crippen LogP contribution in [0.4, 0.5) is 8.78 Å². The van der Waals surface area contributed by atoms with Crippen LogP contribution in [-0.2, 0) is 11.3 Å². The minimum absolute atomic E-state index is 0.00823. The Morgan fingerprint density at radius 3 is 2.74 bits per heavy atom. The van der Waals surface area contributed by atoms with Crippen molar-refractivity contribution < 1.29 is 13.6 Å². The van der Waals surface area contributed by atoms with Gasteiger partial charge in [0.15, 0.2) is 18.0 Å². The molecule has 2 bridgehead atoms. The summed E-state index contributed by atoms with van der Waals surface area (Å²) in [4.78, 5) is 18.4. The van der Waals surface area contributed by atoms with Crippen molar-refractivity contribution in [3.63, 3.8) is 0 Å². The molecule has 27 heavy (non-hydrogen) atoms. The number of carbonyl (C=O) groups excluding carboxylic acids is 1. The molecule has 9 heteroatoms. The highest BCUT2D eigenvalue weighted by molar-refractivity contribution is 5.77. The van der Waals surface area contributed by atoms with Gasteiger partial charge in [0.1, 0.15) is 6.54 Å². The number of piperidine rings is 3. The molecule has 142 valence electrons. The second-order valence-corrected chi connectivity index (χ2v) is 7.62. The molecule has 0 aliphatic carbocycles. The predicted octanol–water partition coefficient (Wildman–Crippen LogP) is 1.04. The molecule has 0 spiro atoms. The van der Waals surface area contributed by atoms with Crippen molar-refractivity contribution in [1.82, 2.24) is 30.0 Å². The third-order valence-corrected chi connectivity index (χ3v) is 6.36. The molecule has 6 rings (SSSR count). The lowest BCUT2D eigenvalue weighted by atomic mass is 9.75. The lowest BCUT2D eigenvalue weighted by Gasteiger charge is -2.51. The zero-order valence-electron chi connectivity index (χ0n) is 14.7. The molecular weight excluding hydrogens is 354 g/mol. The van der Waals surface area contributed by atoms with Crippen LogP contribution in [0.2, 0.25) is 0 Å². The van der Waals surface area contributed by atoms with Crippen molar-refractivity contribution in [1.29, 1.82) is 0 Å². The molecule has 7 nitrogen and oxygen atoms in total. The van der Waals surface area contributed by atoms with Crippen molar-refractivity contribution in [2.75, 3.05) is 19.6 Å². The monoisotopic (exact) mass is 374 g/mol. The van der Waals surface area contributed by atoms with Gasteiger partial charge < -0.3 is 4.90 Å². The normalized spacial score (nSPS) is 31.9. The van der Waals surface area contributed by atoms with Crippen molar-refractivity contribution in [3.8, 4) is 0 Å². The maximum absolute atomic E-state index is 14.6. The van der Waals surface area contributed by atoms with Crippen LogP contribution in [0.5, 0.6) is 0 Å². The van der Waals surface area contributed by atoms with Crippen molar-refractivity contribution >= 4 is 5.91 Å². The minimum atomic E-state index is -0.836. The van der Waals surface area contributed by atoms with Crippen LogP contribution in [0.25, 0.3) is 0 Å². The van der Waals surface area contributed by atoms with E-state index in [1.807, 2.05) is 4.90 Å². The Bertz CT molecular complexity index is 852. The number of fused-ring (bicyclic) bond motifs is 2. The molecule has 4 fully saturated rings. The average molecular weight is 374 g/mol. The van der Waals surface area contributed by atoms with E-state index in [2.05, 4.69) is 20.3 Å². The van der Waals surface area contributed by atoms with E-state index in [0.29, 0.717) is 18.0 Å². The molecule has 4 aliphatic rings. The standard InChI is InChI=1S/C18H20F2N6O/c19-14-3-1-2-12(16(14)20)13-8-25(15(27)9-26-22-10-21-23-26)17-11-4-6-24(7-5-11)18(13)17/h1-3,10-11,13,17-18H,4-9H2/t13-,17+,18+/m0/s1. The van der Waals surface area contributed by atoms with E-state index < -0.39 is 11.6 Å². The molecule has 4 saturated heterocycles. The van der Waals surface area contributed by atoms with E-state index in [1.54, 1.807) is 12.1 Å². The average Bonchev–Trinajstić information content (AvgIpc) is 3.34. The fraction of sp³-hybridized carbons (Fsp3) is 0.556. The third-order valence-electron chi connectivity index (χ3n) is 6.36. The van der Waals surface area contributed by atoms with Gasteiger partial charge in [-0.15, -0.1) is 10.2 Å². The summed E-state index contributed by atoms with van der Waals surface area (Å²) in [5.74, 6) is -1.57. The highest BCUT2D eigenvalue weighted by atomic mass is 19.2. The molecule has 0 N–H and O–H groups in total. The Labute approximate surface area is 154 Å². The summed E-state index contributed by atoms with van der Waals surface area (Å²) in [6.07, 6.45) is 3.36. The van der Waals surface area contributed by atoms with E-state index >= 15 is 0 Å². The first kappa shape index (κ1) is 16.7. The Morgan fingerprint density at radius 2 is 2.00 bits per heavy atom. The zero-order valence-corrected chi connectivity index (χ0v) is 14.7. The number of hydrogen-bond donors (Lipinski definition) is 0. The SMILES string of the molecule is O=C(Cn1ncnn1)N1C[C@@H](c2cccc(F)c2F)[C@@H]2[C@H]1C1CCN2CC1. The molecule has 1 amide bonds. The van der Waals surface area contributed by atoms with Gasteiger partial charge in [-0.05, 0) is 48.7 Å². The van der Waals surface area contributed by atoms with Gasteiger partial charge in [-0.2, -0.15) is 4.80 Å². The Kier molecular flexibility index (Phi) is 3.92. The number of hydrogen-bond acceptors (Lipinski definition) is 5. The van der Waals surface area contributed by atoms with Crippen LogP contribution >= 0.6 is 0 Å². The largest absolute Gasteiger partial charge is 0.335 e. The van der Waals surface area contributed by atoms with Crippen molar-refractivity contribution in [3.05, 3.63) is 41.7 Å². The second-order valence-electron chi connectivity index (χ2n) is 7.62. The van der Waals surface area contributed by atoms with E-state index in [9.17, 15) is 13.6 Å². The summed E-state index contributed by atoms with van der Waals surface area (Å²) >= 11 is 0. The number of carbonyl (C=O) groups is 1. The molecular formula is C18H20F2N6O. The fourth-order valence-corrected chi connectivity index (χ4v) is 5.26. The number of halogens is 2. The molecule has 1 aromatic heterocycles. The topological polar surface area (TPSA) is 67.2 Å². The first-order valence-electron chi connectivity index (χ1n) is 9.31. The summed E-state index contributed by atoms with van der Waals surface area (Å²) in [5.41, 5.74) is 0.367. The summed E-state index contributed by atoms with van der Waals surface area (Å²) in [7, 11) is 0. The Balaban J connectivity index is 1.50. The number of nitrogens with zero attached hydrogens (tertiary/aromatic N) is 6. The Morgan fingerprint density at radius 1 is 1.19 bits per heavy atom. The molecule has 1 aromatic carbocycles. The highest BCUT2D eigenvalue weighted by Crippen LogP contribution is 2.47. The molecule has 4 aliphatic heterocycles. The first-order chi connectivity index (χ1) is 13.1. The molecule has 0 saturated carbocycles. The van der Waals surface area contributed by atoms with Gasteiger partial charge in [0, 0.05) is 18.5 Å². The van der Waals surface area contributed by atoms with Crippen molar-refractivity contribution in [2.24, 2.45) is 5.92 Å². The van der Waals surface area contributed by atoms with Gasteiger partial charge >= 0.3 is 0 Å². The summed E-state index contributed by atoms with van der Waals surface area (Å²) < 4.78 is 28.4. The van der Waals surface area contributed by atoms with Crippen LogP contribution in [0.15, 0.2) is 24.5 Å². The van der Waals surface area contributed by atoms with E-state index in [1.165, 1.54) is 11.1 Å². The second kappa shape index (κ2) is 6.33. The number of rotatable bonds is 3. The van der Waals surface area contributed by atoms with Crippen LogP contribution in [0.3, 0.4) is 0 Å². The zero-order chi connectivity index (χ0) is 18.5. The number of likely N-dealkylation sites (tertiary alicyclic amines) is 1. The van der Waals surface area contributed by atoms with Gasteiger partial charge in [0.05, 0.1) is 6.04 Å². The van der Waals surface area contributed by atoms with Gasteiger partial charge in [0.25, 0.3) is 0 Å². The summed E-state index contributed by atoms with van der Waals surface area (Å²) in [6.45, 7) is 2.29. The summed E-state index contributed by atoms with van der Waals surface area (Å²) in [6, 6.07) is 4.38. The Hall–Kier alpha value is -2.42. The van der Waals surface area contributed by atoms with Crippen LogP contribution < -0.4 is 0 Å². The quantitative estimate of drug-likeness (QED) is 0.803. The van der Waals surface area contributed by atoms with E-state index in [0.717, 1.165) is 32.0 Å². The lowest BCUT2D eigenvalue weighted by Crippen LogP contribution is -2.61. The lowest BCUT2D eigenvalue weighted by molar-refractivity contribution is -0.137. The van der Waals surface area contributed by atoms with Crippen LogP contribution in [0, 0.1) is 17.6 Å². The van der Waals surface area contributed by atoms with E-state index in [-0.39, 0.29) is 30.5 Å². The maximum Gasteiger partial charge on any atom is 0.246 e. The molecule has 0 unspecified atom stereocenters. The van der Waals surface area contributed by atoms with Crippen LogP contribution in [0.1, 0.15) is 24.3 Å².